The number of fused-ring (bicyclic) bond motifs is 1. The lowest BCUT2D eigenvalue weighted by Gasteiger charge is -2.00. The average Bonchev–Trinajstić information content (AvgIpc) is 2.63. The molecule has 0 aliphatic carbocycles. The summed E-state index contributed by atoms with van der Waals surface area (Å²) in [5.41, 5.74) is 6.47. The Labute approximate surface area is 82.5 Å². The normalized spacial score (nSPS) is 10.6. The Balaban J connectivity index is 2.17. The predicted octanol–water partition coefficient (Wildman–Crippen LogP) is 1.32. The fraction of sp³-hybridized carbons (Fsp3) is 0.300. The number of hydrogen-bond donors (Lipinski definition) is 3. The molecule has 0 amide bonds. The summed E-state index contributed by atoms with van der Waals surface area (Å²) in [6.07, 6.45) is 0.960. The Kier molecular flexibility index (Phi) is 2.65. The zero-order valence-electron chi connectivity index (χ0n) is 7.96. The predicted molar refractivity (Wildman–Crippen MR) is 58.3 cm³/mol. The Hall–Kier alpha value is -1.55. The van der Waals surface area contributed by atoms with Crippen LogP contribution in [0.15, 0.2) is 24.3 Å². The van der Waals surface area contributed by atoms with Gasteiger partial charge in [-0.15, -0.1) is 0 Å². The lowest BCUT2D eigenvalue weighted by atomic mass is 10.2. The molecule has 0 saturated heterocycles. The largest absolute Gasteiger partial charge is 0.368 e. The molecule has 0 fully saturated rings. The number of aromatic nitrogens is 2. The molecule has 4 nitrogen and oxygen atoms in total. The first kappa shape index (κ1) is 9.02. The van der Waals surface area contributed by atoms with Gasteiger partial charge in [0, 0.05) is 11.9 Å². The number of H-pyrrole nitrogens is 1. The van der Waals surface area contributed by atoms with Crippen LogP contribution in [0.25, 0.3) is 10.9 Å². The van der Waals surface area contributed by atoms with Crippen LogP contribution in [-0.2, 0) is 0 Å². The van der Waals surface area contributed by atoms with E-state index < -0.39 is 0 Å². The van der Waals surface area contributed by atoms with Crippen molar-refractivity contribution in [3.63, 3.8) is 0 Å². The second-order valence-corrected chi connectivity index (χ2v) is 3.19. The molecule has 2 rings (SSSR count). The molecule has 1 aromatic carbocycles. The van der Waals surface area contributed by atoms with Gasteiger partial charge in [-0.05, 0) is 25.1 Å². The first-order valence-electron chi connectivity index (χ1n) is 4.79. The highest BCUT2D eigenvalue weighted by Gasteiger charge is 2.02. The van der Waals surface area contributed by atoms with E-state index in [-0.39, 0.29) is 0 Å². The Morgan fingerprint density at radius 1 is 1.36 bits per heavy atom. The van der Waals surface area contributed by atoms with E-state index >= 15 is 0 Å². The van der Waals surface area contributed by atoms with Crippen molar-refractivity contribution in [3.05, 3.63) is 24.3 Å². The van der Waals surface area contributed by atoms with Crippen molar-refractivity contribution < 1.29 is 0 Å². The highest BCUT2D eigenvalue weighted by Crippen LogP contribution is 2.18. The van der Waals surface area contributed by atoms with Gasteiger partial charge in [-0.1, -0.05) is 12.1 Å². The summed E-state index contributed by atoms with van der Waals surface area (Å²) in [5, 5.41) is 11.5. The first-order chi connectivity index (χ1) is 6.92. The second-order valence-electron chi connectivity index (χ2n) is 3.19. The highest BCUT2D eigenvalue weighted by atomic mass is 15.2. The molecular weight excluding hydrogens is 176 g/mol. The third-order valence-corrected chi connectivity index (χ3v) is 2.14. The molecule has 4 N–H and O–H groups in total. The molecule has 4 heteroatoms. The number of benzene rings is 1. The van der Waals surface area contributed by atoms with Crippen LogP contribution >= 0.6 is 0 Å². The van der Waals surface area contributed by atoms with Gasteiger partial charge in [-0.3, -0.25) is 5.10 Å². The van der Waals surface area contributed by atoms with Gasteiger partial charge in [0.1, 0.15) is 0 Å². The maximum atomic E-state index is 5.41. The maximum absolute atomic E-state index is 5.41. The van der Waals surface area contributed by atoms with Crippen LogP contribution in [0, 0.1) is 0 Å². The molecule has 0 spiro atoms. The third kappa shape index (κ3) is 1.70. The van der Waals surface area contributed by atoms with Gasteiger partial charge in [0.05, 0.1) is 5.52 Å². The van der Waals surface area contributed by atoms with Crippen molar-refractivity contribution in [1.29, 1.82) is 0 Å². The van der Waals surface area contributed by atoms with Gasteiger partial charge in [0.2, 0.25) is 0 Å². The SMILES string of the molecule is NCCCNc1n[nH]c2ccccc12. The Morgan fingerprint density at radius 2 is 2.21 bits per heavy atom. The molecule has 2 aromatic rings. The zero-order chi connectivity index (χ0) is 9.80. The van der Waals surface area contributed by atoms with Crippen LogP contribution < -0.4 is 11.1 Å². The molecule has 74 valence electrons. The Morgan fingerprint density at radius 3 is 3.07 bits per heavy atom. The highest BCUT2D eigenvalue weighted by molar-refractivity contribution is 5.89. The van der Waals surface area contributed by atoms with E-state index in [9.17, 15) is 0 Å². The summed E-state index contributed by atoms with van der Waals surface area (Å²) in [6.45, 7) is 1.57. The summed E-state index contributed by atoms with van der Waals surface area (Å²) >= 11 is 0. The van der Waals surface area contributed by atoms with E-state index in [4.69, 9.17) is 5.73 Å². The van der Waals surface area contributed by atoms with Gasteiger partial charge in [0.25, 0.3) is 0 Å². The molecule has 0 bridgehead atoms. The average molecular weight is 190 g/mol. The van der Waals surface area contributed by atoms with E-state index in [0.717, 1.165) is 29.7 Å². The Bertz CT molecular complexity index is 407. The van der Waals surface area contributed by atoms with Crippen LogP contribution in [0.4, 0.5) is 5.82 Å². The van der Waals surface area contributed by atoms with E-state index in [1.807, 2.05) is 24.3 Å². The molecule has 0 aliphatic heterocycles. The van der Waals surface area contributed by atoms with Gasteiger partial charge >= 0.3 is 0 Å². The number of anilines is 1. The molecule has 0 radical (unpaired) electrons. The quantitative estimate of drug-likeness (QED) is 0.637. The van der Waals surface area contributed by atoms with Crippen molar-refractivity contribution >= 4 is 16.7 Å². The summed E-state index contributed by atoms with van der Waals surface area (Å²) < 4.78 is 0. The van der Waals surface area contributed by atoms with Crippen molar-refractivity contribution in [2.45, 2.75) is 6.42 Å². The smallest absolute Gasteiger partial charge is 0.155 e. The topological polar surface area (TPSA) is 66.7 Å². The molecule has 0 saturated carbocycles. The van der Waals surface area contributed by atoms with Crippen molar-refractivity contribution in [2.24, 2.45) is 5.73 Å². The number of hydrogen-bond acceptors (Lipinski definition) is 3. The van der Waals surface area contributed by atoms with Gasteiger partial charge < -0.3 is 11.1 Å². The minimum atomic E-state index is 0.704. The van der Waals surface area contributed by atoms with Crippen molar-refractivity contribution in [3.8, 4) is 0 Å². The first-order valence-corrected chi connectivity index (χ1v) is 4.79. The van der Waals surface area contributed by atoms with Crippen LogP contribution in [0.1, 0.15) is 6.42 Å². The van der Waals surface area contributed by atoms with Crippen LogP contribution in [0.3, 0.4) is 0 Å². The summed E-state index contributed by atoms with van der Waals surface area (Å²) in [6, 6.07) is 8.05. The third-order valence-electron chi connectivity index (χ3n) is 2.14. The number of rotatable bonds is 4. The summed E-state index contributed by atoms with van der Waals surface area (Å²) in [4.78, 5) is 0. The molecule has 0 unspecified atom stereocenters. The molecular formula is C10H14N4. The van der Waals surface area contributed by atoms with Crippen molar-refractivity contribution in [2.75, 3.05) is 18.4 Å². The number of nitrogens with two attached hydrogens (primary N) is 1. The van der Waals surface area contributed by atoms with E-state index in [1.54, 1.807) is 0 Å². The molecule has 0 aliphatic rings. The van der Waals surface area contributed by atoms with E-state index in [1.165, 1.54) is 0 Å². The molecule has 1 heterocycles. The lowest BCUT2D eigenvalue weighted by Crippen LogP contribution is -2.08. The zero-order valence-corrected chi connectivity index (χ0v) is 7.96. The number of aromatic amines is 1. The number of para-hydroxylation sites is 1. The standard InChI is InChI=1S/C10H14N4/c11-6-3-7-12-10-8-4-1-2-5-9(8)13-14-10/h1-2,4-5H,3,6-7,11H2,(H2,12,13,14). The van der Waals surface area contributed by atoms with Crippen LogP contribution in [0.2, 0.25) is 0 Å². The van der Waals surface area contributed by atoms with Crippen LogP contribution in [0.5, 0.6) is 0 Å². The summed E-state index contributed by atoms with van der Waals surface area (Å²) in [5.74, 6) is 0.911. The van der Waals surface area contributed by atoms with Crippen molar-refractivity contribution in [1.82, 2.24) is 10.2 Å². The van der Waals surface area contributed by atoms with E-state index in [0.29, 0.717) is 6.54 Å². The van der Waals surface area contributed by atoms with Crippen LogP contribution in [-0.4, -0.2) is 23.3 Å². The van der Waals surface area contributed by atoms with E-state index in [2.05, 4.69) is 15.5 Å². The van der Waals surface area contributed by atoms with Gasteiger partial charge in [-0.25, -0.2) is 0 Å². The fourth-order valence-electron chi connectivity index (χ4n) is 1.41. The molecule has 14 heavy (non-hydrogen) atoms. The molecule has 0 atom stereocenters. The number of nitrogens with one attached hydrogen (secondary N) is 2. The molecule has 1 aromatic heterocycles. The second kappa shape index (κ2) is 4.11. The number of nitrogens with zero attached hydrogens (tertiary/aromatic N) is 1. The van der Waals surface area contributed by atoms with Gasteiger partial charge in [0.15, 0.2) is 5.82 Å². The minimum Gasteiger partial charge on any atom is -0.368 e. The summed E-state index contributed by atoms with van der Waals surface area (Å²) in [7, 11) is 0. The lowest BCUT2D eigenvalue weighted by molar-refractivity contribution is 0.869. The fourth-order valence-corrected chi connectivity index (χ4v) is 1.41. The van der Waals surface area contributed by atoms with Gasteiger partial charge in [-0.2, -0.15) is 5.10 Å². The monoisotopic (exact) mass is 190 g/mol. The maximum Gasteiger partial charge on any atom is 0.155 e. The minimum absolute atomic E-state index is 0.704.